The van der Waals surface area contributed by atoms with Crippen molar-refractivity contribution in [2.45, 2.75) is 76.2 Å². The molecule has 1 amide bonds. The van der Waals surface area contributed by atoms with Gasteiger partial charge in [0.25, 0.3) is 5.91 Å². The van der Waals surface area contributed by atoms with Gasteiger partial charge < -0.3 is 24.4 Å². The Labute approximate surface area is 242 Å². The molecule has 9 nitrogen and oxygen atoms in total. The van der Waals surface area contributed by atoms with Crippen molar-refractivity contribution in [3.63, 3.8) is 0 Å². The number of nitrogens with zero attached hydrogens (tertiary/aromatic N) is 5. The summed E-state index contributed by atoms with van der Waals surface area (Å²) in [6.07, 6.45) is 10.7. The highest BCUT2D eigenvalue weighted by molar-refractivity contribution is 7.88. The average molecular weight is 569 g/mol. The Hall–Kier alpha value is -2.24. The van der Waals surface area contributed by atoms with Crippen LogP contribution < -0.4 is 5.32 Å². The van der Waals surface area contributed by atoms with E-state index in [0.29, 0.717) is 30.1 Å². The van der Waals surface area contributed by atoms with Crippen LogP contribution in [0.15, 0.2) is 36.7 Å². The number of aryl methyl sites for hydroxylation is 1. The summed E-state index contributed by atoms with van der Waals surface area (Å²) >= 11 is -0.917. The number of piperidine rings is 2. The first-order valence-electron chi connectivity index (χ1n) is 14.7. The minimum atomic E-state index is -0.917. The van der Waals surface area contributed by atoms with E-state index >= 15 is 0 Å². The lowest BCUT2D eigenvalue weighted by Crippen LogP contribution is -2.52. The highest BCUT2D eigenvalue weighted by atomic mass is 32.2. The number of carbonyl (C=O) groups is 1. The van der Waals surface area contributed by atoms with Crippen molar-refractivity contribution in [1.29, 1.82) is 0 Å². The van der Waals surface area contributed by atoms with Crippen LogP contribution >= 0.6 is 0 Å². The lowest BCUT2D eigenvalue weighted by atomic mass is 9.97. The molecular weight excluding hydrogens is 524 g/mol. The third-order valence-corrected chi connectivity index (χ3v) is 9.99. The Kier molecular flexibility index (Phi) is 9.96. The van der Waals surface area contributed by atoms with Crippen molar-refractivity contribution >= 4 is 23.1 Å². The molecule has 218 valence electrons. The monoisotopic (exact) mass is 568 g/mol. The molecule has 0 spiro atoms. The molecule has 3 aliphatic heterocycles. The van der Waals surface area contributed by atoms with Gasteiger partial charge in [-0.2, -0.15) is 0 Å². The Morgan fingerprint density at radius 2 is 1.80 bits per heavy atom. The largest absolute Gasteiger partial charge is 0.598 e. The van der Waals surface area contributed by atoms with Gasteiger partial charge in [0.2, 0.25) is 0 Å². The molecule has 1 aromatic heterocycles. The quantitative estimate of drug-likeness (QED) is 0.481. The fourth-order valence-corrected chi connectivity index (χ4v) is 6.92. The zero-order valence-electron chi connectivity index (χ0n) is 24.1. The molecule has 1 unspecified atom stereocenters. The van der Waals surface area contributed by atoms with Gasteiger partial charge in [0.05, 0.1) is 18.2 Å². The third-order valence-electron chi connectivity index (χ3n) is 8.88. The number of amides is 1. The van der Waals surface area contributed by atoms with E-state index in [1.807, 2.05) is 16.3 Å². The Balaban J connectivity index is 1.08. The predicted molar refractivity (Wildman–Crippen MR) is 159 cm³/mol. The first-order valence-corrected chi connectivity index (χ1v) is 16.3. The molecule has 3 atom stereocenters. The van der Waals surface area contributed by atoms with E-state index in [1.54, 1.807) is 12.3 Å². The van der Waals surface area contributed by atoms with Crippen molar-refractivity contribution in [2.24, 2.45) is 0 Å². The average Bonchev–Trinajstić information content (AvgIpc) is 3.00. The molecule has 1 aromatic carbocycles. The molecule has 0 saturated carbocycles. The normalized spacial score (nSPS) is 24.3. The van der Waals surface area contributed by atoms with E-state index < -0.39 is 11.4 Å². The lowest BCUT2D eigenvalue weighted by Gasteiger charge is -2.42. The van der Waals surface area contributed by atoms with E-state index in [4.69, 9.17) is 4.74 Å². The molecule has 3 fully saturated rings. The number of carbonyl (C=O) groups excluding carboxylic acids is 1. The molecule has 3 saturated heterocycles. The van der Waals surface area contributed by atoms with Gasteiger partial charge in [-0.15, -0.1) is 4.31 Å². The van der Waals surface area contributed by atoms with Crippen molar-refractivity contribution in [2.75, 3.05) is 51.3 Å². The summed E-state index contributed by atoms with van der Waals surface area (Å²) in [5.74, 6) is 0.637. The van der Waals surface area contributed by atoms with Crippen molar-refractivity contribution < 1.29 is 14.1 Å². The number of nitrogens with one attached hydrogen (secondary N) is 1. The highest BCUT2D eigenvalue weighted by Crippen LogP contribution is 2.31. The molecule has 0 radical (unpaired) electrons. The topological polar surface area (TPSA) is 96.9 Å². The maximum Gasteiger partial charge on any atom is 0.272 e. The second-order valence-corrected chi connectivity index (χ2v) is 12.9. The van der Waals surface area contributed by atoms with Gasteiger partial charge in [-0.3, -0.25) is 4.79 Å². The van der Waals surface area contributed by atoms with Crippen LogP contribution in [-0.2, 0) is 16.1 Å². The van der Waals surface area contributed by atoms with Gasteiger partial charge in [-0.25, -0.2) is 9.97 Å². The number of aromatic nitrogens is 2. The SMILES string of the molecule is Cc1ccc([C@@H]2CCC[C@H](CNc3cc(C(=O)N4CCC(N5CCC(N(C)[S+](C)[O-])CC5)CC4)ncn3)O2)cc1. The molecule has 40 heavy (non-hydrogen) atoms. The number of benzene rings is 1. The molecule has 10 heteroatoms. The Morgan fingerprint density at radius 3 is 2.50 bits per heavy atom. The number of hydrogen-bond acceptors (Lipinski definition) is 8. The summed E-state index contributed by atoms with van der Waals surface area (Å²) in [4.78, 5) is 26.4. The van der Waals surface area contributed by atoms with Crippen LogP contribution in [0.4, 0.5) is 5.82 Å². The van der Waals surface area contributed by atoms with Crippen LogP contribution in [0.25, 0.3) is 0 Å². The van der Waals surface area contributed by atoms with Crippen LogP contribution in [0.1, 0.15) is 72.7 Å². The predicted octanol–water partition coefficient (Wildman–Crippen LogP) is 3.80. The highest BCUT2D eigenvalue weighted by Gasteiger charge is 2.33. The van der Waals surface area contributed by atoms with Crippen LogP contribution in [0.2, 0.25) is 0 Å². The van der Waals surface area contributed by atoms with Gasteiger partial charge in [-0.05, 0) is 57.4 Å². The van der Waals surface area contributed by atoms with E-state index in [0.717, 1.165) is 71.1 Å². The van der Waals surface area contributed by atoms with Crippen LogP contribution in [0.5, 0.6) is 0 Å². The maximum atomic E-state index is 13.3. The summed E-state index contributed by atoms with van der Waals surface area (Å²) in [5, 5.41) is 3.39. The Morgan fingerprint density at radius 1 is 1.07 bits per heavy atom. The molecule has 0 aliphatic carbocycles. The number of rotatable bonds is 8. The van der Waals surface area contributed by atoms with Crippen LogP contribution in [0, 0.1) is 6.92 Å². The number of likely N-dealkylation sites (tertiary alicyclic amines) is 2. The number of hydrogen-bond donors (Lipinski definition) is 1. The van der Waals surface area contributed by atoms with Gasteiger partial charge in [0.15, 0.2) is 0 Å². The van der Waals surface area contributed by atoms with E-state index in [-0.39, 0.29) is 18.1 Å². The van der Waals surface area contributed by atoms with Gasteiger partial charge in [0.1, 0.15) is 24.1 Å². The lowest BCUT2D eigenvalue weighted by molar-refractivity contribution is -0.0442. The summed E-state index contributed by atoms with van der Waals surface area (Å²) in [6.45, 7) is 6.30. The molecule has 3 aliphatic rings. The molecule has 5 rings (SSSR count). The van der Waals surface area contributed by atoms with E-state index in [9.17, 15) is 9.35 Å². The van der Waals surface area contributed by atoms with E-state index in [2.05, 4.69) is 51.4 Å². The third kappa shape index (κ3) is 7.33. The summed E-state index contributed by atoms with van der Waals surface area (Å²) in [6, 6.07) is 11.3. The van der Waals surface area contributed by atoms with Crippen molar-refractivity contribution in [3.8, 4) is 0 Å². The smallest absolute Gasteiger partial charge is 0.272 e. The van der Waals surface area contributed by atoms with E-state index in [1.165, 1.54) is 17.5 Å². The molecular formula is C30H44N6O3S. The molecule has 4 heterocycles. The summed E-state index contributed by atoms with van der Waals surface area (Å²) in [5.41, 5.74) is 2.93. The minimum Gasteiger partial charge on any atom is -0.598 e. The van der Waals surface area contributed by atoms with Gasteiger partial charge in [-0.1, -0.05) is 29.8 Å². The molecule has 1 N–H and O–H groups in total. The number of anilines is 1. The van der Waals surface area contributed by atoms with Crippen LogP contribution in [0.3, 0.4) is 0 Å². The van der Waals surface area contributed by atoms with Crippen LogP contribution in [-0.4, -0.2) is 98.7 Å². The zero-order chi connectivity index (χ0) is 28.1. The molecule has 2 aromatic rings. The second kappa shape index (κ2) is 13.6. The van der Waals surface area contributed by atoms with Gasteiger partial charge in [0, 0.05) is 63.2 Å². The second-order valence-electron chi connectivity index (χ2n) is 11.5. The first kappa shape index (κ1) is 29.3. The zero-order valence-corrected chi connectivity index (χ0v) is 24.9. The maximum absolute atomic E-state index is 13.3. The summed E-state index contributed by atoms with van der Waals surface area (Å²) < 4.78 is 20.2. The number of ether oxygens (including phenoxy) is 1. The standard InChI is InChI=1S/C30H44N6O3S/c1-22-7-9-23(10-8-22)28-6-4-5-26(39-28)20-31-29-19-27(32-21-33-29)30(37)36-17-13-25(14-18-36)35-15-11-24(12-16-35)34(2)40(3)38/h7-10,19,21,24-26,28H,4-6,11-18,20H2,1-3H3,(H,31,32,33)/t26-,28+,40?/m1/s1. The molecule has 0 bridgehead atoms. The summed E-state index contributed by atoms with van der Waals surface area (Å²) in [7, 11) is 1.96. The fourth-order valence-electron chi connectivity index (χ4n) is 6.29. The van der Waals surface area contributed by atoms with Gasteiger partial charge >= 0.3 is 0 Å². The minimum absolute atomic E-state index is 0.0250. The van der Waals surface area contributed by atoms with Crippen molar-refractivity contribution in [3.05, 3.63) is 53.5 Å². The Bertz CT molecular complexity index is 1100. The fraction of sp³-hybridized carbons (Fsp3) is 0.633. The first-order chi connectivity index (χ1) is 19.4. The van der Waals surface area contributed by atoms with Crippen molar-refractivity contribution in [1.82, 2.24) is 24.1 Å².